The van der Waals surface area contributed by atoms with Crippen LogP contribution in [-0.2, 0) is 33.0 Å². The summed E-state index contributed by atoms with van der Waals surface area (Å²) in [4.78, 5) is 36.7. The number of ether oxygens (including phenoxy) is 1. The van der Waals surface area contributed by atoms with E-state index < -0.39 is 23.2 Å². The molecule has 1 aromatic carbocycles. The smallest absolute Gasteiger partial charge is 0.246 e. The summed E-state index contributed by atoms with van der Waals surface area (Å²) in [5.41, 5.74) is -0.257. The van der Waals surface area contributed by atoms with E-state index in [1.165, 1.54) is 34.0 Å². The lowest BCUT2D eigenvalue weighted by atomic mass is 9.90. The molecule has 1 atom stereocenters. The van der Waals surface area contributed by atoms with Crippen molar-refractivity contribution in [1.29, 1.82) is 0 Å². The third-order valence-corrected chi connectivity index (χ3v) is 6.23. The van der Waals surface area contributed by atoms with Gasteiger partial charge in [-0.1, -0.05) is 18.2 Å². The topological polar surface area (TPSA) is 127 Å². The van der Waals surface area contributed by atoms with Crippen LogP contribution >= 0.6 is 0 Å². The Morgan fingerprint density at radius 1 is 1.29 bits per heavy atom. The van der Waals surface area contributed by atoms with Gasteiger partial charge in [0.2, 0.25) is 17.7 Å². The van der Waals surface area contributed by atoms with Gasteiger partial charge in [0.1, 0.15) is 18.7 Å². The number of hydrogen-bond donors (Lipinski definition) is 2. The fourth-order valence-corrected chi connectivity index (χ4v) is 3.86. The number of piperazine rings is 1. The zero-order chi connectivity index (χ0) is 24.3. The lowest BCUT2D eigenvalue weighted by Gasteiger charge is -2.28. The molecule has 0 bridgehead atoms. The summed E-state index contributed by atoms with van der Waals surface area (Å²) in [5, 5.41) is 21.5. The van der Waals surface area contributed by atoms with E-state index in [9.17, 15) is 23.9 Å². The molecular weight excluding hydrogens is 445 g/mol. The van der Waals surface area contributed by atoms with Gasteiger partial charge in [-0.2, -0.15) is 0 Å². The summed E-state index contributed by atoms with van der Waals surface area (Å²) >= 11 is 0. The van der Waals surface area contributed by atoms with Gasteiger partial charge < -0.3 is 14.7 Å². The number of rotatable bonds is 10. The second-order valence-electron chi connectivity index (χ2n) is 8.89. The number of carbonyl (C=O) groups is 3. The molecule has 0 unspecified atom stereocenters. The van der Waals surface area contributed by atoms with Crippen molar-refractivity contribution >= 4 is 17.7 Å². The standard InChI is InChI=1S/C23H28FN5O5/c1-2-23(33,16-5-7-18(24)19(9-16)34-13-15-3-4-15)14-29-17(10-25-27-29)6-8-22(32)28-11-20(30)26-21(31)12-28/h5,7,9-10,15,33H,2-4,6,8,11-14H2,1H3,(H,26,30,31)/t23-/m1/s1. The molecule has 182 valence electrons. The fraction of sp³-hybridized carbons (Fsp3) is 0.522. The molecule has 1 aromatic heterocycles. The summed E-state index contributed by atoms with van der Waals surface area (Å²) in [6.07, 6.45) is 4.31. The van der Waals surface area contributed by atoms with Crippen molar-refractivity contribution in [3.05, 3.63) is 41.5 Å². The lowest BCUT2D eigenvalue weighted by Crippen LogP contribution is -2.53. The summed E-state index contributed by atoms with van der Waals surface area (Å²) in [6.45, 7) is 2.00. The van der Waals surface area contributed by atoms with Gasteiger partial charge in [-0.25, -0.2) is 9.07 Å². The molecule has 2 aromatic rings. The molecular formula is C23H28FN5O5. The molecule has 34 heavy (non-hydrogen) atoms. The predicted molar refractivity (Wildman–Crippen MR) is 117 cm³/mol. The number of aliphatic hydroxyl groups is 1. The SMILES string of the molecule is CC[C@@](O)(Cn1nncc1CCC(=O)N1CC(=O)NC(=O)C1)c1ccc(F)c(OCC2CC2)c1. The van der Waals surface area contributed by atoms with Crippen LogP contribution in [0.3, 0.4) is 0 Å². The number of amides is 3. The van der Waals surface area contributed by atoms with Gasteiger partial charge in [0.15, 0.2) is 11.6 Å². The summed E-state index contributed by atoms with van der Waals surface area (Å²) in [6, 6.07) is 4.34. The molecule has 11 heteroatoms. The van der Waals surface area contributed by atoms with Gasteiger partial charge >= 0.3 is 0 Å². The number of benzene rings is 1. The van der Waals surface area contributed by atoms with Crippen LogP contribution in [0.4, 0.5) is 4.39 Å². The molecule has 2 N–H and O–H groups in total. The Bertz CT molecular complexity index is 1070. The molecule has 0 spiro atoms. The first-order chi connectivity index (χ1) is 16.3. The zero-order valence-corrected chi connectivity index (χ0v) is 19.0. The van der Waals surface area contributed by atoms with Crippen LogP contribution in [0.2, 0.25) is 0 Å². The molecule has 10 nitrogen and oxygen atoms in total. The second-order valence-corrected chi connectivity index (χ2v) is 8.89. The molecule has 1 saturated carbocycles. The maximum absolute atomic E-state index is 14.2. The first-order valence-corrected chi connectivity index (χ1v) is 11.4. The van der Waals surface area contributed by atoms with Crippen LogP contribution in [0, 0.1) is 11.7 Å². The van der Waals surface area contributed by atoms with Gasteiger partial charge in [-0.05, 0) is 49.3 Å². The monoisotopic (exact) mass is 473 g/mol. The van der Waals surface area contributed by atoms with Crippen LogP contribution in [0.25, 0.3) is 0 Å². The highest BCUT2D eigenvalue weighted by Crippen LogP contribution is 2.33. The summed E-state index contributed by atoms with van der Waals surface area (Å²) in [7, 11) is 0. The van der Waals surface area contributed by atoms with Gasteiger partial charge in [0.05, 0.1) is 25.0 Å². The molecule has 1 aliphatic heterocycles. The van der Waals surface area contributed by atoms with E-state index in [1.54, 1.807) is 0 Å². The molecule has 4 rings (SSSR count). The van der Waals surface area contributed by atoms with Crippen LogP contribution < -0.4 is 10.1 Å². The van der Waals surface area contributed by atoms with E-state index >= 15 is 0 Å². The molecule has 0 radical (unpaired) electrons. The maximum Gasteiger partial charge on any atom is 0.246 e. The van der Waals surface area contributed by atoms with Crippen molar-refractivity contribution in [2.75, 3.05) is 19.7 Å². The summed E-state index contributed by atoms with van der Waals surface area (Å²) < 4.78 is 21.4. The highest BCUT2D eigenvalue weighted by atomic mass is 19.1. The highest BCUT2D eigenvalue weighted by molar-refractivity contribution is 6.02. The van der Waals surface area contributed by atoms with E-state index in [0.717, 1.165) is 12.8 Å². The molecule has 1 saturated heterocycles. The normalized spacial score (nSPS) is 17.9. The van der Waals surface area contributed by atoms with E-state index in [2.05, 4.69) is 15.6 Å². The molecule has 3 amide bonds. The van der Waals surface area contributed by atoms with Gasteiger partial charge in [-0.15, -0.1) is 5.10 Å². The Balaban J connectivity index is 1.43. The zero-order valence-electron chi connectivity index (χ0n) is 19.0. The predicted octanol–water partition coefficient (Wildman–Crippen LogP) is 0.921. The van der Waals surface area contributed by atoms with Gasteiger partial charge in [-0.3, -0.25) is 19.7 Å². The van der Waals surface area contributed by atoms with E-state index in [0.29, 0.717) is 30.2 Å². The Hall–Kier alpha value is -3.34. The van der Waals surface area contributed by atoms with Crippen molar-refractivity contribution in [3.63, 3.8) is 0 Å². The molecule has 2 fully saturated rings. The number of aryl methyl sites for hydroxylation is 1. The Morgan fingerprint density at radius 2 is 2.03 bits per heavy atom. The second kappa shape index (κ2) is 9.88. The number of hydrogen-bond acceptors (Lipinski definition) is 7. The van der Waals surface area contributed by atoms with Crippen molar-refractivity contribution in [2.45, 2.75) is 51.2 Å². The number of aromatic nitrogens is 3. The summed E-state index contributed by atoms with van der Waals surface area (Å²) in [5.74, 6) is -1.26. The van der Waals surface area contributed by atoms with Crippen LogP contribution in [-0.4, -0.2) is 62.4 Å². The van der Waals surface area contributed by atoms with Crippen LogP contribution in [0.1, 0.15) is 43.9 Å². The third-order valence-electron chi connectivity index (χ3n) is 6.23. The van der Waals surface area contributed by atoms with Gasteiger partial charge in [0, 0.05) is 6.42 Å². The van der Waals surface area contributed by atoms with Gasteiger partial charge in [0.25, 0.3) is 0 Å². The van der Waals surface area contributed by atoms with E-state index in [-0.39, 0.29) is 44.1 Å². The van der Waals surface area contributed by atoms with Crippen molar-refractivity contribution in [2.24, 2.45) is 5.92 Å². The quantitative estimate of drug-likeness (QED) is 0.492. The average molecular weight is 474 g/mol. The first-order valence-electron chi connectivity index (χ1n) is 11.4. The van der Waals surface area contributed by atoms with Crippen molar-refractivity contribution < 1.29 is 28.6 Å². The molecule has 2 heterocycles. The fourth-order valence-electron chi connectivity index (χ4n) is 3.86. The molecule has 1 aliphatic carbocycles. The minimum Gasteiger partial charge on any atom is -0.490 e. The Kier molecular flexibility index (Phi) is 6.92. The number of nitrogens with one attached hydrogen (secondary N) is 1. The first kappa shape index (κ1) is 23.8. The van der Waals surface area contributed by atoms with E-state index in [4.69, 9.17) is 4.74 Å². The highest BCUT2D eigenvalue weighted by Gasteiger charge is 2.31. The molecule has 2 aliphatic rings. The Labute approximate surface area is 196 Å². The minimum absolute atomic E-state index is 0.0470. The Morgan fingerprint density at radius 3 is 2.71 bits per heavy atom. The van der Waals surface area contributed by atoms with Crippen molar-refractivity contribution in [3.8, 4) is 5.75 Å². The number of nitrogens with zero attached hydrogens (tertiary/aromatic N) is 4. The van der Waals surface area contributed by atoms with Crippen LogP contribution in [0.5, 0.6) is 5.75 Å². The minimum atomic E-state index is -1.37. The maximum atomic E-state index is 14.2. The third kappa shape index (κ3) is 5.58. The van der Waals surface area contributed by atoms with E-state index in [1.807, 2.05) is 6.92 Å². The largest absolute Gasteiger partial charge is 0.490 e. The number of carbonyl (C=O) groups excluding carboxylic acids is 3. The lowest BCUT2D eigenvalue weighted by molar-refractivity contribution is -0.145. The number of imide groups is 1. The van der Waals surface area contributed by atoms with Crippen molar-refractivity contribution in [1.82, 2.24) is 25.2 Å². The number of halogens is 1. The average Bonchev–Trinajstić information content (AvgIpc) is 3.54. The van der Waals surface area contributed by atoms with Crippen LogP contribution in [0.15, 0.2) is 24.4 Å².